The molecule has 12 heteroatoms. The SMILES string of the molecule is CCCNS(=O)(=O)c1cc(NC(=O)CC(C)(C)C)ccc1Oc1c(C)c(C(=O)O)nn1-c1cccc(F)c1. The Balaban J connectivity index is 2.12. The molecule has 0 radical (unpaired) electrons. The van der Waals surface area contributed by atoms with E-state index in [1.54, 1.807) is 6.92 Å². The first-order chi connectivity index (χ1) is 17.7. The summed E-state index contributed by atoms with van der Waals surface area (Å²) in [6.07, 6.45) is 0.746. The van der Waals surface area contributed by atoms with E-state index in [1.807, 2.05) is 20.8 Å². The molecule has 0 saturated carbocycles. The van der Waals surface area contributed by atoms with Gasteiger partial charge >= 0.3 is 5.97 Å². The maximum atomic E-state index is 13.9. The molecule has 0 aliphatic heterocycles. The van der Waals surface area contributed by atoms with Gasteiger partial charge in [-0.15, -0.1) is 0 Å². The van der Waals surface area contributed by atoms with Crippen LogP contribution in [-0.4, -0.2) is 41.7 Å². The van der Waals surface area contributed by atoms with Gasteiger partial charge in [-0.25, -0.2) is 22.3 Å². The topological polar surface area (TPSA) is 140 Å². The summed E-state index contributed by atoms with van der Waals surface area (Å²) >= 11 is 0. The fraction of sp³-hybridized carbons (Fsp3) is 0.346. The van der Waals surface area contributed by atoms with Crippen LogP contribution in [0.5, 0.6) is 11.6 Å². The summed E-state index contributed by atoms with van der Waals surface area (Å²) in [7, 11) is -4.11. The first kappa shape index (κ1) is 28.8. The summed E-state index contributed by atoms with van der Waals surface area (Å²) in [6.45, 7) is 9.13. The number of aromatic nitrogens is 2. The molecule has 1 heterocycles. The van der Waals surface area contributed by atoms with Crippen LogP contribution in [0.2, 0.25) is 0 Å². The first-order valence-electron chi connectivity index (χ1n) is 11.9. The van der Waals surface area contributed by atoms with Crippen molar-refractivity contribution >= 4 is 27.6 Å². The van der Waals surface area contributed by atoms with E-state index < -0.39 is 21.8 Å². The summed E-state index contributed by atoms with van der Waals surface area (Å²) in [5.74, 6) is -2.45. The van der Waals surface area contributed by atoms with Crippen molar-refractivity contribution < 1.29 is 32.2 Å². The van der Waals surface area contributed by atoms with Gasteiger partial charge in [-0.2, -0.15) is 9.78 Å². The van der Waals surface area contributed by atoms with Crippen molar-refractivity contribution in [2.45, 2.75) is 52.4 Å². The second-order valence-corrected chi connectivity index (χ2v) is 11.7. The predicted molar refractivity (Wildman–Crippen MR) is 140 cm³/mol. The number of carbonyl (C=O) groups excluding carboxylic acids is 1. The molecule has 204 valence electrons. The number of sulfonamides is 1. The molecule has 2 aromatic carbocycles. The molecule has 0 bridgehead atoms. The lowest BCUT2D eigenvalue weighted by Gasteiger charge is -2.18. The van der Waals surface area contributed by atoms with Crippen LogP contribution in [0.4, 0.5) is 10.1 Å². The van der Waals surface area contributed by atoms with Gasteiger partial charge in [-0.1, -0.05) is 33.8 Å². The van der Waals surface area contributed by atoms with Gasteiger partial charge in [-0.3, -0.25) is 4.79 Å². The molecule has 0 aliphatic carbocycles. The third-order valence-corrected chi connectivity index (χ3v) is 6.76. The van der Waals surface area contributed by atoms with Gasteiger partial charge in [0.1, 0.15) is 16.5 Å². The van der Waals surface area contributed by atoms with Crippen LogP contribution in [-0.2, 0) is 14.8 Å². The van der Waals surface area contributed by atoms with Crippen LogP contribution < -0.4 is 14.8 Å². The largest absolute Gasteiger partial charge is 0.476 e. The van der Waals surface area contributed by atoms with Gasteiger partial charge in [0.05, 0.1) is 5.69 Å². The van der Waals surface area contributed by atoms with E-state index in [1.165, 1.54) is 43.3 Å². The van der Waals surface area contributed by atoms with Gasteiger partial charge in [0, 0.05) is 24.2 Å². The number of halogens is 1. The number of hydrogen-bond donors (Lipinski definition) is 3. The highest BCUT2D eigenvalue weighted by Crippen LogP contribution is 2.35. The van der Waals surface area contributed by atoms with Crippen molar-refractivity contribution in [1.82, 2.24) is 14.5 Å². The van der Waals surface area contributed by atoms with Crippen molar-refractivity contribution in [3.8, 4) is 17.3 Å². The summed E-state index contributed by atoms with van der Waals surface area (Å²) < 4.78 is 49.9. The average molecular weight is 547 g/mol. The third kappa shape index (κ3) is 6.95. The number of carbonyl (C=O) groups is 2. The van der Waals surface area contributed by atoms with Crippen molar-refractivity contribution in [2.75, 3.05) is 11.9 Å². The molecule has 3 aromatic rings. The number of nitrogens with one attached hydrogen (secondary N) is 2. The molecule has 0 unspecified atom stereocenters. The number of aromatic carboxylic acids is 1. The number of nitrogens with zero attached hydrogens (tertiary/aromatic N) is 2. The molecule has 0 fully saturated rings. The Hall–Kier alpha value is -3.77. The molecule has 0 spiro atoms. The number of hydrogen-bond acceptors (Lipinski definition) is 6. The third-order valence-electron chi connectivity index (χ3n) is 5.28. The highest BCUT2D eigenvalue weighted by atomic mass is 32.2. The second kappa shape index (κ2) is 11.3. The Kier molecular flexibility index (Phi) is 8.58. The van der Waals surface area contributed by atoms with E-state index in [2.05, 4.69) is 15.1 Å². The Morgan fingerprint density at radius 2 is 1.87 bits per heavy atom. The van der Waals surface area contributed by atoms with E-state index in [0.717, 1.165) is 10.7 Å². The maximum absolute atomic E-state index is 13.9. The minimum atomic E-state index is -4.11. The van der Waals surface area contributed by atoms with Gasteiger partial charge < -0.3 is 15.2 Å². The van der Waals surface area contributed by atoms with Gasteiger partial charge in [0.2, 0.25) is 21.8 Å². The predicted octanol–water partition coefficient (Wildman–Crippen LogP) is 4.87. The normalized spacial score (nSPS) is 11.8. The van der Waals surface area contributed by atoms with E-state index >= 15 is 0 Å². The quantitative estimate of drug-likeness (QED) is 0.329. The van der Waals surface area contributed by atoms with Crippen molar-refractivity contribution in [1.29, 1.82) is 0 Å². The number of anilines is 1. The molecule has 1 amide bonds. The minimum Gasteiger partial charge on any atom is -0.476 e. The molecule has 10 nitrogen and oxygen atoms in total. The lowest BCUT2D eigenvalue weighted by atomic mass is 9.92. The average Bonchev–Trinajstić information content (AvgIpc) is 3.13. The van der Waals surface area contributed by atoms with E-state index in [-0.39, 0.29) is 63.4 Å². The van der Waals surface area contributed by atoms with Crippen LogP contribution in [0.25, 0.3) is 5.69 Å². The van der Waals surface area contributed by atoms with Crippen LogP contribution >= 0.6 is 0 Å². The second-order valence-electron chi connectivity index (χ2n) is 9.92. The number of amides is 1. The molecule has 0 atom stereocenters. The van der Waals surface area contributed by atoms with E-state index in [4.69, 9.17) is 4.74 Å². The Labute approximate surface area is 220 Å². The lowest BCUT2D eigenvalue weighted by molar-refractivity contribution is -0.117. The number of ether oxygens (including phenoxy) is 1. The Morgan fingerprint density at radius 3 is 2.47 bits per heavy atom. The summed E-state index contributed by atoms with van der Waals surface area (Å²) in [5.41, 5.74) is -0.0994. The van der Waals surface area contributed by atoms with Crippen molar-refractivity contribution in [3.63, 3.8) is 0 Å². The van der Waals surface area contributed by atoms with E-state index in [0.29, 0.717) is 6.42 Å². The maximum Gasteiger partial charge on any atom is 0.356 e. The Morgan fingerprint density at radius 1 is 1.16 bits per heavy atom. The van der Waals surface area contributed by atoms with Crippen molar-refractivity contribution in [3.05, 3.63) is 59.5 Å². The zero-order valence-electron chi connectivity index (χ0n) is 21.8. The molecular formula is C26H31FN4O6S. The molecule has 1 aromatic heterocycles. The zero-order chi connectivity index (χ0) is 28.3. The summed E-state index contributed by atoms with van der Waals surface area (Å²) in [6, 6.07) is 9.38. The summed E-state index contributed by atoms with van der Waals surface area (Å²) in [5, 5.41) is 16.4. The number of benzene rings is 2. The van der Waals surface area contributed by atoms with E-state index in [9.17, 15) is 27.5 Å². The lowest BCUT2D eigenvalue weighted by Crippen LogP contribution is -2.25. The van der Waals surface area contributed by atoms with Crippen LogP contribution in [0.15, 0.2) is 47.4 Å². The summed E-state index contributed by atoms with van der Waals surface area (Å²) in [4.78, 5) is 24.0. The highest BCUT2D eigenvalue weighted by Gasteiger charge is 2.27. The van der Waals surface area contributed by atoms with Gasteiger partial charge in [-0.05, 0) is 55.2 Å². The van der Waals surface area contributed by atoms with Crippen LogP contribution in [0.3, 0.4) is 0 Å². The van der Waals surface area contributed by atoms with Gasteiger partial charge in [0.25, 0.3) is 0 Å². The molecule has 3 rings (SSSR count). The van der Waals surface area contributed by atoms with Crippen molar-refractivity contribution in [2.24, 2.45) is 5.41 Å². The van der Waals surface area contributed by atoms with Gasteiger partial charge in [0.15, 0.2) is 5.69 Å². The zero-order valence-corrected chi connectivity index (χ0v) is 22.6. The monoisotopic (exact) mass is 546 g/mol. The standard InChI is InChI=1S/C26H31FN4O6S/c1-6-12-28-38(35,36)21-14-18(29-22(32)15-26(3,4)5)10-11-20(21)37-24-16(2)23(25(33)34)30-31(24)19-9-7-8-17(27)13-19/h7-11,13-14,28H,6,12,15H2,1-5H3,(H,29,32)(H,33,34). The fourth-order valence-electron chi connectivity index (χ4n) is 3.57. The number of carboxylic acids is 1. The van der Waals surface area contributed by atoms with Crippen LogP contribution in [0, 0.1) is 18.2 Å². The molecular weight excluding hydrogens is 515 g/mol. The molecule has 0 aliphatic rings. The first-order valence-corrected chi connectivity index (χ1v) is 13.4. The highest BCUT2D eigenvalue weighted by molar-refractivity contribution is 7.89. The molecule has 0 saturated heterocycles. The number of rotatable bonds is 10. The smallest absolute Gasteiger partial charge is 0.356 e. The van der Waals surface area contributed by atoms with Crippen LogP contribution in [0.1, 0.15) is 56.6 Å². The molecule has 3 N–H and O–H groups in total. The minimum absolute atomic E-state index is 0.106. The fourth-order valence-corrected chi connectivity index (χ4v) is 4.86. The Bertz CT molecular complexity index is 1460. The number of carboxylic acid groups (broad SMARTS) is 1. The molecule has 38 heavy (non-hydrogen) atoms.